The van der Waals surface area contributed by atoms with Crippen LogP contribution in [-0.4, -0.2) is 37.6 Å². The van der Waals surface area contributed by atoms with Crippen molar-refractivity contribution in [2.45, 2.75) is 58.8 Å². The van der Waals surface area contributed by atoms with Crippen LogP contribution >= 0.6 is 0 Å². The first-order valence-corrected chi connectivity index (χ1v) is 8.21. The van der Waals surface area contributed by atoms with Crippen LogP contribution in [0.25, 0.3) is 0 Å². The van der Waals surface area contributed by atoms with Crippen LogP contribution in [0.1, 0.15) is 58.8 Å². The molecular formula is C16H32N2. The van der Waals surface area contributed by atoms with Crippen molar-refractivity contribution >= 4 is 0 Å². The van der Waals surface area contributed by atoms with Gasteiger partial charge in [-0.2, -0.15) is 0 Å². The summed E-state index contributed by atoms with van der Waals surface area (Å²) in [6.45, 7) is 11.2. The van der Waals surface area contributed by atoms with Crippen LogP contribution in [0.3, 0.4) is 0 Å². The van der Waals surface area contributed by atoms with Crippen molar-refractivity contribution in [2.24, 2.45) is 11.3 Å². The van der Waals surface area contributed by atoms with Crippen molar-refractivity contribution in [3.05, 3.63) is 0 Å². The van der Waals surface area contributed by atoms with Gasteiger partial charge in [0, 0.05) is 13.1 Å². The fraction of sp³-hybridized carbons (Fsp3) is 1.00. The third-order valence-corrected chi connectivity index (χ3v) is 5.27. The maximum Gasteiger partial charge on any atom is 0.00500 e. The standard InChI is InChI=1S/C16H32N2/c1-3-6-15-7-11-18(12-8-15)14-16(4-2)9-5-10-17-13-16/h15,17H,3-14H2,1-2H3. The SMILES string of the molecule is CCCC1CCN(CC2(CC)CCCNC2)CC1. The summed E-state index contributed by atoms with van der Waals surface area (Å²) >= 11 is 0. The smallest absolute Gasteiger partial charge is 0.00500 e. The summed E-state index contributed by atoms with van der Waals surface area (Å²) in [4.78, 5) is 2.75. The lowest BCUT2D eigenvalue weighted by molar-refractivity contribution is 0.0832. The Morgan fingerprint density at radius 1 is 1.22 bits per heavy atom. The number of piperidine rings is 2. The lowest BCUT2D eigenvalue weighted by atomic mass is 9.77. The maximum absolute atomic E-state index is 3.62. The van der Waals surface area contributed by atoms with Crippen LogP contribution in [0.4, 0.5) is 0 Å². The molecule has 2 nitrogen and oxygen atoms in total. The Kier molecular flexibility index (Phi) is 5.50. The van der Waals surface area contributed by atoms with Gasteiger partial charge in [-0.15, -0.1) is 0 Å². The summed E-state index contributed by atoms with van der Waals surface area (Å²) in [5.74, 6) is 1.02. The molecule has 2 saturated heterocycles. The first-order chi connectivity index (χ1) is 8.78. The van der Waals surface area contributed by atoms with Gasteiger partial charge in [0.1, 0.15) is 0 Å². The molecule has 0 spiro atoms. The highest BCUT2D eigenvalue weighted by Crippen LogP contribution is 2.32. The zero-order valence-corrected chi connectivity index (χ0v) is 12.5. The monoisotopic (exact) mass is 252 g/mol. The van der Waals surface area contributed by atoms with E-state index in [1.165, 1.54) is 77.7 Å². The first-order valence-electron chi connectivity index (χ1n) is 8.21. The van der Waals surface area contributed by atoms with Crippen LogP contribution < -0.4 is 5.32 Å². The van der Waals surface area contributed by atoms with Crippen LogP contribution in [0.2, 0.25) is 0 Å². The topological polar surface area (TPSA) is 15.3 Å². The Labute approximate surface area is 114 Å². The molecule has 2 fully saturated rings. The molecule has 0 radical (unpaired) electrons. The van der Waals surface area contributed by atoms with Gasteiger partial charge in [-0.25, -0.2) is 0 Å². The normalized spacial score (nSPS) is 31.7. The Bertz CT molecular complexity index is 225. The van der Waals surface area contributed by atoms with E-state index in [2.05, 4.69) is 24.1 Å². The molecule has 2 heteroatoms. The van der Waals surface area contributed by atoms with Gasteiger partial charge in [0.25, 0.3) is 0 Å². The molecule has 0 aromatic carbocycles. The van der Waals surface area contributed by atoms with E-state index < -0.39 is 0 Å². The molecule has 2 rings (SSSR count). The van der Waals surface area contributed by atoms with E-state index in [4.69, 9.17) is 0 Å². The summed E-state index contributed by atoms with van der Waals surface area (Å²) in [6.07, 6.45) is 9.87. The molecule has 2 aliphatic heterocycles. The van der Waals surface area contributed by atoms with Crippen molar-refractivity contribution in [3.8, 4) is 0 Å². The number of rotatable bonds is 5. The third kappa shape index (κ3) is 3.71. The second kappa shape index (κ2) is 6.91. The van der Waals surface area contributed by atoms with Gasteiger partial charge in [-0.1, -0.05) is 26.7 Å². The second-order valence-corrected chi connectivity index (χ2v) is 6.64. The first kappa shape index (κ1) is 14.3. The lowest BCUT2D eigenvalue weighted by Gasteiger charge is -2.43. The van der Waals surface area contributed by atoms with E-state index >= 15 is 0 Å². The molecule has 0 saturated carbocycles. The van der Waals surface area contributed by atoms with Crippen molar-refractivity contribution < 1.29 is 0 Å². The highest BCUT2D eigenvalue weighted by molar-refractivity contribution is 4.88. The van der Waals surface area contributed by atoms with Crippen molar-refractivity contribution in [2.75, 3.05) is 32.7 Å². The maximum atomic E-state index is 3.62. The van der Waals surface area contributed by atoms with Gasteiger partial charge >= 0.3 is 0 Å². The van der Waals surface area contributed by atoms with E-state index in [0.29, 0.717) is 5.41 Å². The molecule has 1 atom stereocenters. The third-order valence-electron chi connectivity index (χ3n) is 5.27. The average Bonchev–Trinajstić information content (AvgIpc) is 2.42. The average molecular weight is 252 g/mol. The predicted octanol–water partition coefficient (Wildman–Crippen LogP) is 3.28. The quantitative estimate of drug-likeness (QED) is 0.808. The van der Waals surface area contributed by atoms with Gasteiger partial charge in [0.15, 0.2) is 0 Å². The van der Waals surface area contributed by atoms with E-state index in [0.717, 1.165) is 5.92 Å². The van der Waals surface area contributed by atoms with Gasteiger partial charge in [-0.05, 0) is 63.1 Å². The van der Waals surface area contributed by atoms with Crippen molar-refractivity contribution in [3.63, 3.8) is 0 Å². The molecule has 0 amide bonds. The van der Waals surface area contributed by atoms with E-state index in [1.807, 2.05) is 0 Å². The highest BCUT2D eigenvalue weighted by Gasteiger charge is 2.33. The van der Waals surface area contributed by atoms with Crippen LogP contribution in [0.5, 0.6) is 0 Å². The Hall–Kier alpha value is -0.0800. The molecule has 2 aliphatic rings. The van der Waals surface area contributed by atoms with E-state index in [9.17, 15) is 0 Å². The lowest BCUT2D eigenvalue weighted by Crippen LogP contribution is -2.49. The minimum atomic E-state index is 0.579. The molecule has 0 bridgehead atoms. The summed E-state index contributed by atoms with van der Waals surface area (Å²) < 4.78 is 0. The number of nitrogens with one attached hydrogen (secondary N) is 1. The van der Waals surface area contributed by atoms with E-state index in [1.54, 1.807) is 0 Å². The minimum absolute atomic E-state index is 0.579. The number of hydrogen-bond acceptors (Lipinski definition) is 2. The number of likely N-dealkylation sites (tertiary alicyclic amines) is 1. The predicted molar refractivity (Wildman–Crippen MR) is 78.9 cm³/mol. The Morgan fingerprint density at radius 3 is 2.56 bits per heavy atom. The molecule has 0 aromatic heterocycles. The molecule has 0 aliphatic carbocycles. The fourth-order valence-electron chi connectivity index (χ4n) is 3.89. The van der Waals surface area contributed by atoms with Gasteiger partial charge in [0.2, 0.25) is 0 Å². The van der Waals surface area contributed by atoms with Gasteiger partial charge in [0.05, 0.1) is 0 Å². The molecule has 106 valence electrons. The molecule has 2 heterocycles. The second-order valence-electron chi connectivity index (χ2n) is 6.64. The van der Waals surface area contributed by atoms with E-state index in [-0.39, 0.29) is 0 Å². The number of nitrogens with zero attached hydrogens (tertiary/aromatic N) is 1. The van der Waals surface area contributed by atoms with Crippen molar-refractivity contribution in [1.82, 2.24) is 10.2 Å². The zero-order chi connectivity index (χ0) is 12.8. The molecule has 1 N–H and O–H groups in total. The summed E-state index contributed by atoms with van der Waals surface area (Å²) in [6, 6.07) is 0. The minimum Gasteiger partial charge on any atom is -0.316 e. The molecular weight excluding hydrogens is 220 g/mol. The van der Waals surface area contributed by atoms with Gasteiger partial charge in [-0.3, -0.25) is 0 Å². The van der Waals surface area contributed by atoms with Crippen molar-refractivity contribution in [1.29, 1.82) is 0 Å². The number of hydrogen-bond donors (Lipinski definition) is 1. The van der Waals surface area contributed by atoms with Crippen LogP contribution in [0.15, 0.2) is 0 Å². The Morgan fingerprint density at radius 2 is 2.00 bits per heavy atom. The summed E-state index contributed by atoms with van der Waals surface area (Å²) in [5.41, 5.74) is 0.579. The zero-order valence-electron chi connectivity index (χ0n) is 12.5. The Balaban J connectivity index is 1.79. The summed E-state index contributed by atoms with van der Waals surface area (Å²) in [5, 5.41) is 3.62. The largest absolute Gasteiger partial charge is 0.316 e. The molecule has 18 heavy (non-hydrogen) atoms. The summed E-state index contributed by atoms with van der Waals surface area (Å²) in [7, 11) is 0. The van der Waals surface area contributed by atoms with Crippen LogP contribution in [0, 0.1) is 11.3 Å². The fourth-order valence-corrected chi connectivity index (χ4v) is 3.89. The molecule has 0 aromatic rings. The highest BCUT2D eigenvalue weighted by atomic mass is 15.1. The van der Waals surface area contributed by atoms with Crippen LogP contribution in [-0.2, 0) is 0 Å². The molecule has 1 unspecified atom stereocenters. The van der Waals surface area contributed by atoms with Gasteiger partial charge < -0.3 is 10.2 Å².